The topological polar surface area (TPSA) is 129 Å². The second-order valence-corrected chi connectivity index (χ2v) is 4.46. The highest BCUT2D eigenvalue weighted by molar-refractivity contribution is 6.13. The van der Waals surface area contributed by atoms with Crippen molar-refractivity contribution in [1.82, 2.24) is 15.1 Å². The average molecular weight is 269 g/mol. The SMILES string of the molecule is C[C](C(N)=O)C(=O)N1CCN(CCNC(=N)N)CC1. The van der Waals surface area contributed by atoms with Gasteiger partial charge in [0.25, 0.3) is 0 Å². The number of nitrogens with zero attached hydrogens (tertiary/aromatic N) is 2. The van der Waals surface area contributed by atoms with Crippen LogP contribution in [0.25, 0.3) is 0 Å². The van der Waals surface area contributed by atoms with Crippen molar-refractivity contribution in [2.75, 3.05) is 39.3 Å². The number of nitrogens with two attached hydrogens (primary N) is 2. The summed E-state index contributed by atoms with van der Waals surface area (Å²) in [5.41, 5.74) is 10.3. The van der Waals surface area contributed by atoms with Crippen LogP contribution in [0.2, 0.25) is 0 Å². The first-order valence-corrected chi connectivity index (χ1v) is 6.14. The van der Waals surface area contributed by atoms with Gasteiger partial charge < -0.3 is 21.7 Å². The molecule has 0 bridgehead atoms. The zero-order valence-corrected chi connectivity index (χ0v) is 11.1. The van der Waals surface area contributed by atoms with Gasteiger partial charge in [-0.1, -0.05) is 0 Å². The predicted octanol–water partition coefficient (Wildman–Crippen LogP) is -2.31. The fourth-order valence-electron chi connectivity index (χ4n) is 1.87. The number of piperazine rings is 1. The minimum absolute atomic E-state index is 0.0412. The summed E-state index contributed by atoms with van der Waals surface area (Å²) >= 11 is 0. The van der Waals surface area contributed by atoms with Gasteiger partial charge in [-0.05, 0) is 6.92 Å². The van der Waals surface area contributed by atoms with Crippen LogP contribution in [0.4, 0.5) is 0 Å². The largest absolute Gasteiger partial charge is 0.370 e. The van der Waals surface area contributed by atoms with E-state index in [0.717, 1.165) is 19.6 Å². The van der Waals surface area contributed by atoms with Crippen molar-refractivity contribution >= 4 is 17.8 Å². The fraction of sp³-hybridized carbons (Fsp3) is 0.636. The van der Waals surface area contributed by atoms with Crippen molar-refractivity contribution in [2.24, 2.45) is 11.5 Å². The summed E-state index contributed by atoms with van der Waals surface area (Å²) in [6.45, 7) is 5.44. The minimum atomic E-state index is -0.668. The summed E-state index contributed by atoms with van der Waals surface area (Å²) < 4.78 is 0. The summed E-state index contributed by atoms with van der Waals surface area (Å²) in [6, 6.07) is 0. The Morgan fingerprint density at radius 1 is 1.21 bits per heavy atom. The summed E-state index contributed by atoms with van der Waals surface area (Å²) in [5.74, 6) is -0.917. The first-order chi connectivity index (χ1) is 8.91. The van der Waals surface area contributed by atoms with Gasteiger partial charge in [0.05, 0.1) is 0 Å². The van der Waals surface area contributed by atoms with Crippen LogP contribution in [0.5, 0.6) is 0 Å². The van der Waals surface area contributed by atoms with E-state index in [1.165, 1.54) is 6.92 Å². The Labute approximate surface area is 112 Å². The molecule has 0 saturated carbocycles. The third-order valence-electron chi connectivity index (χ3n) is 3.09. The lowest BCUT2D eigenvalue weighted by molar-refractivity contribution is -0.133. The molecule has 0 aromatic carbocycles. The molecule has 1 radical (unpaired) electrons. The number of rotatable bonds is 5. The molecule has 1 heterocycles. The average Bonchev–Trinajstić information content (AvgIpc) is 2.37. The van der Waals surface area contributed by atoms with E-state index >= 15 is 0 Å². The molecule has 0 unspecified atom stereocenters. The molecule has 0 aromatic heterocycles. The van der Waals surface area contributed by atoms with Crippen molar-refractivity contribution in [3.63, 3.8) is 0 Å². The van der Waals surface area contributed by atoms with Crippen LogP contribution in [0.1, 0.15) is 6.92 Å². The number of hydrogen-bond acceptors (Lipinski definition) is 4. The van der Waals surface area contributed by atoms with Crippen LogP contribution < -0.4 is 16.8 Å². The van der Waals surface area contributed by atoms with E-state index < -0.39 is 5.91 Å². The Morgan fingerprint density at radius 3 is 2.26 bits per heavy atom. The van der Waals surface area contributed by atoms with Crippen molar-refractivity contribution < 1.29 is 9.59 Å². The van der Waals surface area contributed by atoms with Crippen molar-refractivity contribution in [3.05, 3.63) is 5.92 Å². The van der Waals surface area contributed by atoms with E-state index in [0.29, 0.717) is 19.6 Å². The van der Waals surface area contributed by atoms with Crippen LogP contribution in [0.15, 0.2) is 0 Å². The number of carbonyl (C=O) groups is 2. The van der Waals surface area contributed by atoms with Gasteiger partial charge >= 0.3 is 0 Å². The molecule has 0 aliphatic carbocycles. The Bertz CT molecular complexity index is 351. The number of hydrogen-bond donors (Lipinski definition) is 4. The summed E-state index contributed by atoms with van der Waals surface area (Å²) in [4.78, 5) is 26.6. The normalized spacial score (nSPS) is 16.4. The van der Waals surface area contributed by atoms with E-state index in [1.54, 1.807) is 4.90 Å². The van der Waals surface area contributed by atoms with Gasteiger partial charge in [-0.2, -0.15) is 0 Å². The predicted molar refractivity (Wildman–Crippen MR) is 71.0 cm³/mol. The lowest BCUT2D eigenvalue weighted by atomic mass is 10.1. The lowest BCUT2D eigenvalue weighted by Gasteiger charge is -2.35. The van der Waals surface area contributed by atoms with Crippen LogP contribution in [0, 0.1) is 11.3 Å². The molecular weight excluding hydrogens is 248 g/mol. The van der Waals surface area contributed by atoms with Gasteiger partial charge in [0.2, 0.25) is 11.8 Å². The van der Waals surface area contributed by atoms with Gasteiger partial charge in [0.1, 0.15) is 5.92 Å². The van der Waals surface area contributed by atoms with E-state index in [-0.39, 0.29) is 17.8 Å². The van der Waals surface area contributed by atoms with Gasteiger partial charge in [0.15, 0.2) is 5.96 Å². The van der Waals surface area contributed by atoms with Crippen LogP contribution in [-0.2, 0) is 9.59 Å². The fourth-order valence-corrected chi connectivity index (χ4v) is 1.87. The molecule has 1 aliphatic rings. The molecule has 1 aliphatic heterocycles. The Kier molecular flexibility index (Phi) is 5.56. The zero-order valence-electron chi connectivity index (χ0n) is 11.1. The summed E-state index contributed by atoms with van der Waals surface area (Å²) in [7, 11) is 0. The molecule has 107 valence electrons. The van der Waals surface area contributed by atoms with Crippen LogP contribution >= 0.6 is 0 Å². The van der Waals surface area contributed by atoms with Crippen molar-refractivity contribution in [1.29, 1.82) is 5.41 Å². The maximum absolute atomic E-state index is 11.9. The molecule has 19 heavy (non-hydrogen) atoms. The number of guanidine groups is 1. The Morgan fingerprint density at radius 2 is 1.79 bits per heavy atom. The molecule has 2 amide bonds. The summed E-state index contributed by atoms with van der Waals surface area (Å²) in [5, 5.41) is 9.77. The number of amides is 2. The number of nitrogens with one attached hydrogen (secondary N) is 2. The standard InChI is InChI=1S/C11H21N6O2/c1-8(9(12)18)10(19)17-6-4-16(5-7-17)3-2-15-11(13)14/h2-7H2,1H3,(H2,12,18)(H4,13,14,15). The minimum Gasteiger partial charge on any atom is -0.370 e. The Hall–Kier alpha value is -1.83. The molecular formula is C11H21N6O2. The molecule has 0 atom stereocenters. The first kappa shape index (κ1) is 15.2. The van der Waals surface area contributed by atoms with Crippen LogP contribution in [-0.4, -0.2) is 66.8 Å². The highest BCUT2D eigenvalue weighted by Crippen LogP contribution is 2.08. The lowest BCUT2D eigenvalue weighted by Crippen LogP contribution is -2.52. The third-order valence-corrected chi connectivity index (χ3v) is 3.09. The quantitative estimate of drug-likeness (QED) is 0.253. The molecule has 8 nitrogen and oxygen atoms in total. The van der Waals surface area contributed by atoms with Gasteiger partial charge in [-0.15, -0.1) is 0 Å². The molecule has 0 spiro atoms. The summed E-state index contributed by atoms with van der Waals surface area (Å²) in [6.07, 6.45) is 0. The van der Waals surface area contributed by atoms with E-state index in [1.807, 2.05) is 0 Å². The van der Waals surface area contributed by atoms with Crippen molar-refractivity contribution in [2.45, 2.75) is 6.92 Å². The van der Waals surface area contributed by atoms with Gasteiger partial charge in [-0.3, -0.25) is 19.9 Å². The van der Waals surface area contributed by atoms with Gasteiger partial charge in [0, 0.05) is 39.3 Å². The maximum Gasteiger partial charge on any atom is 0.239 e. The van der Waals surface area contributed by atoms with E-state index in [2.05, 4.69) is 10.2 Å². The molecule has 0 aromatic rings. The number of primary amides is 1. The van der Waals surface area contributed by atoms with E-state index in [9.17, 15) is 9.59 Å². The number of carbonyl (C=O) groups excluding carboxylic acids is 2. The molecule has 1 saturated heterocycles. The maximum atomic E-state index is 11.9. The first-order valence-electron chi connectivity index (χ1n) is 6.14. The second-order valence-electron chi connectivity index (χ2n) is 4.46. The molecule has 1 rings (SSSR count). The zero-order chi connectivity index (χ0) is 14.4. The highest BCUT2D eigenvalue weighted by Gasteiger charge is 2.28. The highest BCUT2D eigenvalue weighted by atomic mass is 16.2. The Balaban J connectivity index is 2.30. The molecule has 6 N–H and O–H groups in total. The van der Waals surface area contributed by atoms with Gasteiger partial charge in [-0.25, -0.2) is 0 Å². The molecule has 1 fully saturated rings. The van der Waals surface area contributed by atoms with Crippen LogP contribution in [0.3, 0.4) is 0 Å². The third kappa shape index (κ3) is 4.74. The molecule has 8 heteroatoms. The smallest absolute Gasteiger partial charge is 0.239 e. The van der Waals surface area contributed by atoms with E-state index in [4.69, 9.17) is 16.9 Å². The second kappa shape index (κ2) is 6.93. The monoisotopic (exact) mass is 269 g/mol. The van der Waals surface area contributed by atoms with Crippen molar-refractivity contribution in [3.8, 4) is 0 Å².